The fourth-order valence-electron chi connectivity index (χ4n) is 4.99. The molecule has 0 atom stereocenters. The van der Waals surface area contributed by atoms with E-state index in [0.717, 1.165) is 33.6 Å². The quantitative estimate of drug-likeness (QED) is 0.125. The maximum absolute atomic E-state index is 8.44. The van der Waals surface area contributed by atoms with Crippen molar-refractivity contribution < 1.29 is 21.5 Å². The monoisotopic (exact) mass is 768 g/mol. The van der Waals surface area contributed by atoms with Gasteiger partial charge in [0.1, 0.15) is 0 Å². The van der Waals surface area contributed by atoms with Crippen LogP contribution in [0.2, 0.25) is 19.6 Å². The number of aromatic nitrogens is 2. The molecule has 0 fully saturated rings. The third-order valence-electron chi connectivity index (χ3n) is 7.28. The second-order valence-corrected chi connectivity index (χ2v) is 16.8. The van der Waals surface area contributed by atoms with E-state index in [2.05, 4.69) is 108 Å². The van der Waals surface area contributed by atoms with Crippen LogP contribution >= 0.6 is 0 Å². The molecule has 2 aromatic heterocycles. The van der Waals surface area contributed by atoms with E-state index in [4.69, 9.17) is 1.37 Å². The second kappa shape index (κ2) is 15.2. The van der Waals surface area contributed by atoms with Crippen LogP contribution in [0.3, 0.4) is 0 Å². The Bertz CT molecular complexity index is 1730. The molecule has 0 unspecified atom stereocenters. The van der Waals surface area contributed by atoms with Crippen LogP contribution in [0.1, 0.15) is 26.7 Å². The molecule has 0 aliphatic rings. The molecule has 0 amide bonds. The second-order valence-electron chi connectivity index (χ2n) is 11.8. The van der Waals surface area contributed by atoms with Gasteiger partial charge in [0.05, 0.1) is 8.07 Å². The Morgan fingerprint density at radius 1 is 0.614 bits per heavy atom. The molecule has 2 heterocycles. The normalized spacial score (nSPS) is 11.4. The van der Waals surface area contributed by atoms with E-state index >= 15 is 0 Å². The molecule has 6 aromatic rings. The van der Waals surface area contributed by atoms with Gasteiger partial charge >= 0.3 is 0 Å². The van der Waals surface area contributed by atoms with Gasteiger partial charge in [-0.3, -0.25) is 0 Å². The molecule has 0 aliphatic carbocycles. The number of pyridine rings is 2. The SMILES string of the molecule is [2H]C(C)(C)c1cc(-c2[c-]cccc2)ncc1[Si](C)(C)C.[Ir].[c-]1ccccc1-c1cc(-c2cccc(-c3ccccc3)c2)ccn1. The van der Waals surface area contributed by atoms with Gasteiger partial charge in [-0.15, -0.1) is 71.8 Å². The predicted octanol–water partition coefficient (Wildman–Crippen LogP) is 10.1. The van der Waals surface area contributed by atoms with Gasteiger partial charge in [-0.1, -0.05) is 99.7 Å². The van der Waals surface area contributed by atoms with Crippen LogP contribution < -0.4 is 5.19 Å². The van der Waals surface area contributed by atoms with Crippen molar-refractivity contribution in [3.63, 3.8) is 0 Å². The Morgan fingerprint density at radius 2 is 1.16 bits per heavy atom. The summed E-state index contributed by atoms with van der Waals surface area (Å²) >= 11 is 0. The summed E-state index contributed by atoms with van der Waals surface area (Å²) in [5.41, 5.74) is 9.74. The first kappa shape index (κ1) is 31.5. The maximum atomic E-state index is 8.44. The molecule has 6 rings (SSSR count). The molecule has 0 saturated carbocycles. The van der Waals surface area contributed by atoms with Crippen LogP contribution in [-0.4, -0.2) is 18.0 Å². The Hall–Kier alpha value is -3.95. The smallest absolute Gasteiger partial charge is 0.0799 e. The molecule has 0 spiro atoms. The van der Waals surface area contributed by atoms with E-state index in [-0.39, 0.29) is 20.1 Å². The van der Waals surface area contributed by atoms with Crippen molar-refractivity contribution in [2.24, 2.45) is 0 Å². The molecule has 0 bridgehead atoms. The van der Waals surface area contributed by atoms with E-state index in [9.17, 15) is 0 Å². The van der Waals surface area contributed by atoms with Gasteiger partial charge < -0.3 is 9.97 Å². The average Bonchev–Trinajstić information content (AvgIpc) is 3.05. The van der Waals surface area contributed by atoms with Gasteiger partial charge in [-0.2, -0.15) is 0 Å². The summed E-state index contributed by atoms with van der Waals surface area (Å²) in [6, 6.07) is 47.5. The molecular weight excluding hydrogens is 729 g/mol. The van der Waals surface area contributed by atoms with Crippen LogP contribution in [0.5, 0.6) is 0 Å². The molecule has 4 heteroatoms. The number of nitrogens with zero attached hydrogens (tertiary/aromatic N) is 2. The molecular formula is C40H38IrN2Si-2. The molecule has 1 radical (unpaired) electrons. The van der Waals surface area contributed by atoms with Gasteiger partial charge in [0.2, 0.25) is 0 Å². The molecule has 0 N–H and O–H groups in total. The Balaban J connectivity index is 0.000000204. The summed E-state index contributed by atoms with van der Waals surface area (Å²) in [7, 11) is -1.50. The van der Waals surface area contributed by atoms with Crippen molar-refractivity contribution in [2.45, 2.75) is 39.4 Å². The summed E-state index contributed by atoms with van der Waals surface area (Å²) in [6.07, 6.45) is 3.84. The number of benzene rings is 4. The van der Waals surface area contributed by atoms with Crippen molar-refractivity contribution in [3.8, 4) is 44.8 Å². The third kappa shape index (κ3) is 8.36. The standard InChI is InChI=1S/C23H16N.C17H22NSi.Ir/c1-3-8-18(9-4-1)20-12-7-13-21(16-20)22-14-15-24-23(17-22)19-10-5-2-6-11-19;1-13(2)15-11-16(14-9-7-6-8-10-14)18-12-17(15)19(3,4)5;/h1-10,12-17H;6-9,11-13H,1-5H3;/q2*-1;/i;13D;. The zero-order valence-corrected chi connectivity index (χ0v) is 29.3. The van der Waals surface area contributed by atoms with Gasteiger partial charge in [0.15, 0.2) is 0 Å². The zero-order chi connectivity index (χ0) is 31.2. The van der Waals surface area contributed by atoms with Gasteiger partial charge in [0, 0.05) is 33.9 Å². The topological polar surface area (TPSA) is 25.8 Å². The predicted molar refractivity (Wildman–Crippen MR) is 185 cm³/mol. The summed E-state index contributed by atoms with van der Waals surface area (Å²) in [6.45, 7) is 10.8. The van der Waals surface area contributed by atoms with Crippen molar-refractivity contribution in [1.29, 1.82) is 0 Å². The minimum absolute atomic E-state index is 0. The molecule has 0 aliphatic heterocycles. The van der Waals surface area contributed by atoms with Crippen molar-refractivity contribution in [3.05, 3.63) is 151 Å². The van der Waals surface area contributed by atoms with E-state index in [1.54, 1.807) is 0 Å². The first-order chi connectivity index (χ1) is 21.1. The van der Waals surface area contributed by atoms with Crippen LogP contribution in [0.25, 0.3) is 44.8 Å². The number of hydrogen-bond acceptors (Lipinski definition) is 2. The minimum atomic E-state index is -1.50. The van der Waals surface area contributed by atoms with Crippen molar-refractivity contribution >= 4 is 13.3 Å². The van der Waals surface area contributed by atoms with E-state index in [1.165, 1.54) is 21.9 Å². The Kier molecular flexibility index (Phi) is 10.8. The van der Waals surface area contributed by atoms with Gasteiger partial charge in [0.25, 0.3) is 0 Å². The minimum Gasteiger partial charge on any atom is -0.305 e. The molecule has 2 nitrogen and oxygen atoms in total. The van der Waals surface area contributed by atoms with Crippen molar-refractivity contribution in [1.82, 2.24) is 9.97 Å². The van der Waals surface area contributed by atoms with Crippen LogP contribution in [0.15, 0.2) is 134 Å². The Labute approximate surface area is 279 Å². The summed E-state index contributed by atoms with van der Waals surface area (Å²) in [4.78, 5) is 9.09. The van der Waals surface area contributed by atoms with E-state index < -0.39 is 14.0 Å². The molecule has 0 saturated heterocycles. The van der Waals surface area contributed by atoms with Crippen LogP contribution in [-0.2, 0) is 20.1 Å². The van der Waals surface area contributed by atoms with Crippen LogP contribution in [0.4, 0.5) is 0 Å². The Morgan fingerprint density at radius 3 is 1.73 bits per heavy atom. The van der Waals surface area contributed by atoms with E-state index in [1.807, 2.05) is 80.8 Å². The summed E-state index contributed by atoms with van der Waals surface area (Å²) in [5, 5.41) is 1.28. The molecule has 223 valence electrons. The molecule has 44 heavy (non-hydrogen) atoms. The largest absolute Gasteiger partial charge is 0.305 e. The fraction of sp³-hybridized carbons (Fsp3) is 0.150. The van der Waals surface area contributed by atoms with Gasteiger partial charge in [-0.05, 0) is 56.9 Å². The van der Waals surface area contributed by atoms with E-state index in [0.29, 0.717) is 0 Å². The fourth-order valence-corrected chi connectivity index (χ4v) is 6.57. The van der Waals surface area contributed by atoms with Gasteiger partial charge in [-0.25, -0.2) is 0 Å². The summed E-state index contributed by atoms with van der Waals surface area (Å²) < 4.78 is 8.44. The maximum Gasteiger partial charge on any atom is 0.0799 e. The first-order valence-corrected chi connectivity index (χ1v) is 18.2. The number of hydrogen-bond donors (Lipinski definition) is 0. The first-order valence-electron chi connectivity index (χ1n) is 15.2. The number of rotatable bonds is 6. The van der Waals surface area contributed by atoms with Crippen molar-refractivity contribution in [2.75, 3.05) is 0 Å². The third-order valence-corrected chi connectivity index (χ3v) is 9.30. The zero-order valence-electron chi connectivity index (χ0n) is 26.9. The van der Waals surface area contributed by atoms with Crippen LogP contribution in [0, 0.1) is 12.1 Å². The molecule has 4 aromatic carbocycles. The summed E-state index contributed by atoms with van der Waals surface area (Å²) in [5.74, 6) is -0.609. The average molecular weight is 768 g/mol.